The second-order valence-corrected chi connectivity index (χ2v) is 8.98. The summed E-state index contributed by atoms with van der Waals surface area (Å²) < 4.78 is 4.85. The van der Waals surface area contributed by atoms with Gasteiger partial charge in [0.05, 0.1) is 28.8 Å². The molecule has 0 bridgehead atoms. The van der Waals surface area contributed by atoms with Crippen molar-refractivity contribution in [3.8, 4) is 0 Å². The van der Waals surface area contributed by atoms with Crippen LogP contribution in [0.25, 0.3) is 0 Å². The molecule has 5 rings (SSSR count). The molecule has 0 N–H and O–H groups in total. The molecule has 8 heteroatoms. The van der Waals surface area contributed by atoms with Gasteiger partial charge in [-0.2, -0.15) is 0 Å². The van der Waals surface area contributed by atoms with Crippen LogP contribution in [0.2, 0.25) is 0 Å². The molecule has 1 atom stereocenters. The van der Waals surface area contributed by atoms with E-state index in [1.54, 1.807) is 23.1 Å². The van der Waals surface area contributed by atoms with Gasteiger partial charge in [0.1, 0.15) is 6.17 Å². The van der Waals surface area contributed by atoms with Crippen molar-refractivity contribution in [2.45, 2.75) is 19.3 Å². The van der Waals surface area contributed by atoms with Crippen LogP contribution >= 0.6 is 0 Å². The van der Waals surface area contributed by atoms with E-state index in [1.807, 2.05) is 72.8 Å². The molecular weight excluding hydrogens is 482 g/mol. The Labute approximate surface area is 219 Å². The minimum absolute atomic E-state index is 0.141. The van der Waals surface area contributed by atoms with Gasteiger partial charge in [0, 0.05) is 25.2 Å². The standard InChI is InChI=1S/C30H25N3O5/c1-38-30(35)24-14-12-23(13-15-24)28-31(19-21-8-4-2-5-9-21)27-17-16-25(33(36)37)18-26(27)29(34)32(28)20-22-10-6-3-7-11-22/h2-18,28H,19-20H2,1H3/t28-/m0/s1. The lowest BCUT2D eigenvalue weighted by Crippen LogP contribution is -2.48. The van der Waals surface area contributed by atoms with Gasteiger partial charge in [0.15, 0.2) is 0 Å². The molecule has 190 valence electrons. The van der Waals surface area contributed by atoms with Gasteiger partial charge >= 0.3 is 5.97 Å². The van der Waals surface area contributed by atoms with Crippen molar-refractivity contribution in [3.05, 3.63) is 141 Å². The van der Waals surface area contributed by atoms with E-state index in [-0.39, 0.29) is 23.7 Å². The maximum atomic E-state index is 14.0. The van der Waals surface area contributed by atoms with E-state index in [0.29, 0.717) is 17.8 Å². The van der Waals surface area contributed by atoms with E-state index in [9.17, 15) is 19.7 Å². The van der Waals surface area contributed by atoms with Gasteiger partial charge < -0.3 is 14.5 Å². The van der Waals surface area contributed by atoms with Crippen LogP contribution < -0.4 is 4.90 Å². The fourth-order valence-corrected chi connectivity index (χ4v) is 4.78. The number of anilines is 1. The number of amides is 1. The van der Waals surface area contributed by atoms with Crippen LogP contribution in [0.1, 0.15) is 43.6 Å². The fourth-order valence-electron chi connectivity index (χ4n) is 4.78. The van der Waals surface area contributed by atoms with Gasteiger partial charge in [0.2, 0.25) is 0 Å². The van der Waals surface area contributed by atoms with Gasteiger partial charge in [-0.05, 0) is 34.9 Å². The zero-order valence-corrected chi connectivity index (χ0v) is 20.7. The number of methoxy groups -OCH3 is 1. The molecule has 1 aliphatic rings. The highest BCUT2D eigenvalue weighted by Gasteiger charge is 2.39. The highest BCUT2D eigenvalue weighted by molar-refractivity contribution is 6.02. The number of nitro groups is 1. The lowest BCUT2D eigenvalue weighted by molar-refractivity contribution is -0.384. The highest BCUT2D eigenvalue weighted by Crippen LogP contribution is 2.42. The van der Waals surface area contributed by atoms with Gasteiger partial charge in [-0.15, -0.1) is 0 Å². The molecule has 1 heterocycles. The molecule has 0 saturated carbocycles. The number of hydrogen-bond acceptors (Lipinski definition) is 6. The van der Waals surface area contributed by atoms with Crippen LogP contribution in [0.4, 0.5) is 11.4 Å². The summed E-state index contributed by atoms with van der Waals surface area (Å²) in [6.45, 7) is 0.740. The van der Waals surface area contributed by atoms with Gasteiger partial charge in [-0.1, -0.05) is 72.8 Å². The van der Waals surface area contributed by atoms with E-state index >= 15 is 0 Å². The van der Waals surface area contributed by atoms with Gasteiger partial charge in [0.25, 0.3) is 11.6 Å². The molecule has 0 aliphatic carbocycles. The number of nitrogens with zero attached hydrogens (tertiary/aromatic N) is 3. The van der Waals surface area contributed by atoms with Crippen LogP contribution in [-0.2, 0) is 17.8 Å². The zero-order chi connectivity index (χ0) is 26.6. The van der Waals surface area contributed by atoms with E-state index < -0.39 is 17.1 Å². The van der Waals surface area contributed by atoms with E-state index in [4.69, 9.17) is 4.74 Å². The normalized spacial score (nSPS) is 14.7. The predicted molar refractivity (Wildman–Crippen MR) is 143 cm³/mol. The van der Waals surface area contributed by atoms with Crippen molar-refractivity contribution < 1.29 is 19.2 Å². The Hall–Kier alpha value is -4.98. The Kier molecular flexibility index (Phi) is 6.86. The molecule has 0 unspecified atom stereocenters. The second kappa shape index (κ2) is 10.6. The minimum atomic E-state index is -0.538. The fraction of sp³-hybridized carbons (Fsp3) is 0.133. The lowest BCUT2D eigenvalue weighted by atomic mass is 9.98. The molecule has 0 saturated heterocycles. The average molecular weight is 508 g/mol. The van der Waals surface area contributed by atoms with Crippen LogP contribution in [0.3, 0.4) is 0 Å². The molecule has 1 amide bonds. The molecule has 8 nitrogen and oxygen atoms in total. The van der Waals surface area contributed by atoms with Crippen LogP contribution in [0, 0.1) is 10.1 Å². The number of hydrogen-bond donors (Lipinski definition) is 0. The summed E-state index contributed by atoms with van der Waals surface area (Å²) in [6.07, 6.45) is -0.538. The Morgan fingerprint density at radius 3 is 1.97 bits per heavy atom. The summed E-state index contributed by atoms with van der Waals surface area (Å²) in [5.74, 6) is -0.755. The molecule has 0 aromatic heterocycles. The number of carbonyl (C=O) groups is 2. The smallest absolute Gasteiger partial charge is 0.337 e. The first-order chi connectivity index (χ1) is 18.5. The Morgan fingerprint density at radius 2 is 1.42 bits per heavy atom. The first-order valence-electron chi connectivity index (χ1n) is 12.1. The summed E-state index contributed by atoms with van der Waals surface area (Å²) >= 11 is 0. The molecular formula is C30H25N3O5. The summed E-state index contributed by atoms with van der Waals surface area (Å²) in [5.41, 5.74) is 3.87. The monoisotopic (exact) mass is 507 g/mol. The van der Waals surface area contributed by atoms with Crippen molar-refractivity contribution in [2.75, 3.05) is 12.0 Å². The molecule has 4 aromatic rings. The molecule has 0 spiro atoms. The SMILES string of the molecule is COC(=O)c1ccc([C@@H]2N(Cc3ccccc3)C(=O)c3cc([N+](=O)[O-])ccc3N2Cc2ccccc2)cc1. The van der Waals surface area contributed by atoms with Crippen LogP contribution in [0.15, 0.2) is 103 Å². The Bertz CT molecular complexity index is 1470. The lowest BCUT2D eigenvalue weighted by Gasteiger charge is -2.46. The number of benzene rings is 4. The molecule has 1 aliphatic heterocycles. The third-order valence-electron chi connectivity index (χ3n) is 6.60. The van der Waals surface area contributed by atoms with Crippen molar-refractivity contribution in [1.82, 2.24) is 4.90 Å². The zero-order valence-electron chi connectivity index (χ0n) is 20.7. The quantitative estimate of drug-likeness (QED) is 0.180. The number of nitro benzene ring substituents is 1. The molecule has 0 radical (unpaired) electrons. The Morgan fingerprint density at radius 1 is 0.842 bits per heavy atom. The third-order valence-corrected chi connectivity index (χ3v) is 6.60. The number of carbonyl (C=O) groups excluding carboxylic acids is 2. The topological polar surface area (TPSA) is 93.0 Å². The maximum Gasteiger partial charge on any atom is 0.337 e. The highest BCUT2D eigenvalue weighted by atomic mass is 16.6. The van der Waals surface area contributed by atoms with Crippen LogP contribution in [-0.4, -0.2) is 28.8 Å². The first-order valence-corrected chi connectivity index (χ1v) is 12.1. The summed E-state index contributed by atoms with van der Waals surface area (Å²) in [4.78, 5) is 40.9. The maximum absolute atomic E-state index is 14.0. The Balaban J connectivity index is 1.68. The third kappa shape index (κ3) is 4.84. The van der Waals surface area contributed by atoms with E-state index in [1.165, 1.54) is 19.2 Å². The van der Waals surface area contributed by atoms with Crippen LogP contribution in [0.5, 0.6) is 0 Å². The second-order valence-electron chi connectivity index (χ2n) is 8.98. The number of esters is 1. The van der Waals surface area contributed by atoms with E-state index in [0.717, 1.165) is 16.7 Å². The predicted octanol–water partition coefficient (Wildman–Crippen LogP) is 5.74. The van der Waals surface area contributed by atoms with Gasteiger partial charge in [-0.25, -0.2) is 4.79 Å². The molecule has 0 fully saturated rings. The van der Waals surface area contributed by atoms with Crippen molar-refractivity contribution in [1.29, 1.82) is 0 Å². The number of non-ortho nitro benzene ring substituents is 1. The summed E-state index contributed by atoms with van der Waals surface area (Å²) in [7, 11) is 1.33. The summed E-state index contributed by atoms with van der Waals surface area (Å²) in [5, 5.41) is 11.6. The number of rotatable bonds is 7. The van der Waals surface area contributed by atoms with Crippen molar-refractivity contribution >= 4 is 23.3 Å². The molecule has 4 aromatic carbocycles. The summed E-state index contributed by atoms with van der Waals surface area (Å²) in [6, 6.07) is 30.8. The average Bonchev–Trinajstić information content (AvgIpc) is 2.96. The minimum Gasteiger partial charge on any atom is -0.465 e. The largest absolute Gasteiger partial charge is 0.465 e. The van der Waals surface area contributed by atoms with Gasteiger partial charge in [-0.3, -0.25) is 14.9 Å². The van der Waals surface area contributed by atoms with Crippen molar-refractivity contribution in [2.24, 2.45) is 0 Å². The van der Waals surface area contributed by atoms with E-state index in [2.05, 4.69) is 4.90 Å². The number of ether oxygens (including phenoxy) is 1. The first kappa shape index (κ1) is 24.7. The van der Waals surface area contributed by atoms with Crippen molar-refractivity contribution in [3.63, 3.8) is 0 Å². The number of fused-ring (bicyclic) bond motifs is 1. The molecule has 38 heavy (non-hydrogen) atoms.